The second kappa shape index (κ2) is 4.42. The predicted molar refractivity (Wildman–Crippen MR) is 62.3 cm³/mol. The van der Waals surface area contributed by atoms with Crippen LogP contribution in [0.15, 0.2) is 18.2 Å². The highest BCUT2D eigenvalue weighted by Crippen LogP contribution is 2.27. The van der Waals surface area contributed by atoms with E-state index in [9.17, 15) is 9.18 Å². The number of aryl methyl sites for hydroxylation is 1. The van der Waals surface area contributed by atoms with Crippen LogP contribution in [0.5, 0.6) is 0 Å². The van der Waals surface area contributed by atoms with Crippen molar-refractivity contribution in [3.63, 3.8) is 0 Å². The first-order valence-electron chi connectivity index (χ1n) is 5.23. The Balaban J connectivity index is 2.27. The van der Waals surface area contributed by atoms with Crippen LogP contribution in [0, 0.1) is 18.7 Å². The molecule has 0 aromatic heterocycles. The monoisotopic (exact) mass is 241 g/mol. The molecule has 1 fully saturated rings. The number of rotatable bonds is 2. The van der Waals surface area contributed by atoms with Crippen LogP contribution in [0.1, 0.15) is 12.0 Å². The number of amides is 1. The highest BCUT2D eigenvalue weighted by molar-refractivity contribution is 6.18. The third-order valence-electron chi connectivity index (χ3n) is 2.76. The predicted octanol–water partition coefficient (Wildman–Crippen LogP) is 2.73. The van der Waals surface area contributed by atoms with Crippen molar-refractivity contribution >= 4 is 23.2 Å². The van der Waals surface area contributed by atoms with Gasteiger partial charge in [-0.15, -0.1) is 11.6 Å². The molecule has 86 valence electrons. The van der Waals surface area contributed by atoms with Crippen LogP contribution in [-0.4, -0.2) is 18.3 Å². The van der Waals surface area contributed by atoms with Crippen molar-refractivity contribution in [1.82, 2.24) is 0 Å². The average molecular weight is 242 g/mol. The lowest BCUT2D eigenvalue weighted by molar-refractivity contribution is -0.117. The van der Waals surface area contributed by atoms with Gasteiger partial charge in [-0.25, -0.2) is 4.39 Å². The van der Waals surface area contributed by atoms with Crippen molar-refractivity contribution < 1.29 is 9.18 Å². The number of benzene rings is 1. The molecule has 1 atom stereocenters. The van der Waals surface area contributed by atoms with E-state index in [-0.39, 0.29) is 17.6 Å². The topological polar surface area (TPSA) is 20.3 Å². The molecule has 0 aliphatic carbocycles. The summed E-state index contributed by atoms with van der Waals surface area (Å²) >= 11 is 5.74. The van der Waals surface area contributed by atoms with E-state index in [0.717, 1.165) is 5.56 Å². The summed E-state index contributed by atoms with van der Waals surface area (Å²) in [6.45, 7) is 2.40. The maximum Gasteiger partial charge on any atom is 0.227 e. The van der Waals surface area contributed by atoms with Gasteiger partial charge in [0, 0.05) is 24.5 Å². The first-order chi connectivity index (χ1) is 7.60. The molecule has 1 heterocycles. The highest BCUT2D eigenvalue weighted by atomic mass is 35.5. The zero-order valence-corrected chi connectivity index (χ0v) is 9.80. The minimum Gasteiger partial charge on any atom is -0.312 e. The Morgan fingerprint density at radius 3 is 2.81 bits per heavy atom. The molecule has 0 bridgehead atoms. The quantitative estimate of drug-likeness (QED) is 0.729. The van der Waals surface area contributed by atoms with Crippen molar-refractivity contribution in [2.75, 3.05) is 17.3 Å². The summed E-state index contributed by atoms with van der Waals surface area (Å²) in [4.78, 5) is 13.3. The van der Waals surface area contributed by atoms with Crippen LogP contribution < -0.4 is 4.90 Å². The van der Waals surface area contributed by atoms with Gasteiger partial charge in [0.25, 0.3) is 0 Å². The van der Waals surface area contributed by atoms with Crippen molar-refractivity contribution in [2.24, 2.45) is 5.92 Å². The van der Waals surface area contributed by atoms with Gasteiger partial charge in [-0.1, -0.05) is 0 Å². The Morgan fingerprint density at radius 2 is 2.25 bits per heavy atom. The third-order valence-corrected chi connectivity index (χ3v) is 3.20. The van der Waals surface area contributed by atoms with Crippen LogP contribution in [0.25, 0.3) is 0 Å². The summed E-state index contributed by atoms with van der Waals surface area (Å²) in [6.07, 6.45) is 0.457. The Hall–Kier alpha value is -1.09. The summed E-state index contributed by atoms with van der Waals surface area (Å²) in [5.74, 6) is 0.363. The summed E-state index contributed by atoms with van der Waals surface area (Å²) < 4.78 is 13.2. The van der Waals surface area contributed by atoms with Crippen LogP contribution >= 0.6 is 11.6 Å². The lowest BCUT2D eigenvalue weighted by Gasteiger charge is -2.17. The van der Waals surface area contributed by atoms with E-state index in [1.165, 1.54) is 12.1 Å². The van der Waals surface area contributed by atoms with Gasteiger partial charge >= 0.3 is 0 Å². The molecule has 16 heavy (non-hydrogen) atoms. The molecule has 0 radical (unpaired) electrons. The van der Waals surface area contributed by atoms with Gasteiger partial charge in [0.1, 0.15) is 5.82 Å². The summed E-state index contributed by atoms with van der Waals surface area (Å²) in [6, 6.07) is 4.65. The Morgan fingerprint density at radius 1 is 1.50 bits per heavy atom. The molecule has 1 unspecified atom stereocenters. The zero-order chi connectivity index (χ0) is 11.7. The standard InChI is InChI=1S/C12H13ClFNO/c1-8-2-10(14)5-11(3-8)15-7-9(6-13)4-12(15)16/h2-3,5,9H,4,6-7H2,1H3. The van der Waals surface area contributed by atoms with E-state index in [2.05, 4.69) is 0 Å². The Labute approximate surface area is 99.0 Å². The van der Waals surface area contributed by atoms with Gasteiger partial charge in [-0.2, -0.15) is 0 Å². The van der Waals surface area contributed by atoms with Gasteiger partial charge in [-0.05, 0) is 36.6 Å². The molecule has 4 heteroatoms. The SMILES string of the molecule is Cc1cc(F)cc(N2CC(CCl)CC2=O)c1. The summed E-state index contributed by atoms with van der Waals surface area (Å²) in [5, 5.41) is 0. The molecule has 1 aliphatic rings. The first-order valence-corrected chi connectivity index (χ1v) is 5.77. The number of hydrogen-bond acceptors (Lipinski definition) is 1. The molecule has 0 spiro atoms. The number of carbonyl (C=O) groups excluding carboxylic acids is 1. The van der Waals surface area contributed by atoms with Crippen LogP contribution in [0.2, 0.25) is 0 Å². The molecular formula is C12H13ClFNO. The van der Waals surface area contributed by atoms with Crippen molar-refractivity contribution in [1.29, 1.82) is 0 Å². The number of hydrogen-bond donors (Lipinski definition) is 0. The molecular weight excluding hydrogens is 229 g/mol. The third kappa shape index (κ3) is 2.19. The van der Waals surface area contributed by atoms with E-state index in [0.29, 0.717) is 24.5 Å². The minimum atomic E-state index is -0.308. The van der Waals surface area contributed by atoms with Crippen LogP contribution in [0.3, 0.4) is 0 Å². The number of halogens is 2. The second-order valence-corrected chi connectivity index (χ2v) is 4.52. The van der Waals surface area contributed by atoms with E-state index >= 15 is 0 Å². The van der Waals surface area contributed by atoms with Gasteiger partial charge in [0.2, 0.25) is 5.91 Å². The molecule has 2 nitrogen and oxygen atoms in total. The lowest BCUT2D eigenvalue weighted by Crippen LogP contribution is -2.24. The zero-order valence-electron chi connectivity index (χ0n) is 9.04. The van der Waals surface area contributed by atoms with Crippen molar-refractivity contribution in [3.8, 4) is 0 Å². The van der Waals surface area contributed by atoms with E-state index in [1.54, 1.807) is 4.90 Å². The lowest BCUT2D eigenvalue weighted by atomic mass is 10.1. The molecule has 1 aromatic carbocycles. The van der Waals surface area contributed by atoms with Crippen molar-refractivity contribution in [2.45, 2.75) is 13.3 Å². The molecule has 1 amide bonds. The molecule has 0 N–H and O–H groups in total. The summed E-state index contributed by atoms with van der Waals surface area (Å²) in [5.41, 5.74) is 1.45. The highest BCUT2D eigenvalue weighted by Gasteiger charge is 2.30. The summed E-state index contributed by atoms with van der Waals surface area (Å²) in [7, 11) is 0. The van der Waals surface area contributed by atoms with Gasteiger partial charge in [0.15, 0.2) is 0 Å². The van der Waals surface area contributed by atoms with E-state index in [1.807, 2.05) is 13.0 Å². The maximum absolute atomic E-state index is 13.2. The van der Waals surface area contributed by atoms with Gasteiger partial charge in [-0.3, -0.25) is 4.79 Å². The molecule has 1 saturated heterocycles. The second-order valence-electron chi connectivity index (χ2n) is 4.22. The average Bonchev–Trinajstić information content (AvgIpc) is 2.58. The largest absolute Gasteiger partial charge is 0.312 e. The molecule has 1 aliphatic heterocycles. The first kappa shape index (κ1) is 11.4. The minimum absolute atomic E-state index is 0.0238. The fourth-order valence-corrected chi connectivity index (χ4v) is 2.21. The fraction of sp³-hybridized carbons (Fsp3) is 0.417. The molecule has 1 aromatic rings. The smallest absolute Gasteiger partial charge is 0.227 e. The fourth-order valence-electron chi connectivity index (χ4n) is 2.01. The van der Waals surface area contributed by atoms with Crippen LogP contribution in [0.4, 0.5) is 10.1 Å². The number of alkyl halides is 1. The Kier molecular flexibility index (Phi) is 3.15. The maximum atomic E-state index is 13.2. The van der Waals surface area contributed by atoms with E-state index < -0.39 is 0 Å². The number of nitrogens with zero attached hydrogens (tertiary/aromatic N) is 1. The number of anilines is 1. The van der Waals surface area contributed by atoms with Gasteiger partial charge in [0.05, 0.1) is 0 Å². The molecule has 0 saturated carbocycles. The number of carbonyl (C=O) groups is 1. The normalized spacial score (nSPS) is 20.6. The van der Waals surface area contributed by atoms with E-state index in [4.69, 9.17) is 11.6 Å². The van der Waals surface area contributed by atoms with Crippen molar-refractivity contribution in [3.05, 3.63) is 29.6 Å². The Bertz CT molecular complexity index is 401. The van der Waals surface area contributed by atoms with Gasteiger partial charge < -0.3 is 4.90 Å². The molecule has 2 rings (SSSR count). The van der Waals surface area contributed by atoms with Crippen LogP contribution in [-0.2, 0) is 4.79 Å².